The van der Waals surface area contributed by atoms with Crippen LogP contribution in [0.1, 0.15) is 0 Å². The molecule has 0 radical (unpaired) electrons. The second-order valence-electron chi connectivity index (χ2n) is 1.39. The maximum atomic E-state index is 3.61. The van der Waals surface area contributed by atoms with Crippen molar-refractivity contribution in [3.8, 4) is 0 Å². The van der Waals surface area contributed by atoms with Crippen LogP contribution in [0.25, 0.3) is 0 Å². The molecule has 1 atom stereocenters. The third kappa shape index (κ3) is 3.97. The van der Waals surface area contributed by atoms with Crippen LogP contribution in [0.15, 0.2) is 12.7 Å². The van der Waals surface area contributed by atoms with Gasteiger partial charge in [0.15, 0.2) is 0 Å². The van der Waals surface area contributed by atoms with E-state index in [1.807, 2.05) is 6.08 Å². The molecule has 0 saturated carbocycles. The van der Waals surface area contributed by atoms with E-state index in [1.165, 1.54) is 0 Å². The van der Waals surface area contributed by atoms with Gasteiger partial charge in [0.2, 0.25) is 0 Å². The van der Waals surface area contributed by atoms with Gasteiger partial charge in [0, 0.05) is 6.54 Å². The first kappa shape index (κ1) is 7.13. The third-order valence-electron chi connectivity index (χ3n) is 0.785. The molecule has 1 unspecified atom stereocenters. The number of nitrogens with zero attached hydrogens (tertiary/aromatic N) is 1. The lowest BCUT2D eigenvalue weighted by Gasteiger charge is -2.08. The zero-order valence-corrected chi connectivity index (χ0v) is 5.94. The maximum Gasteiger partial charge on any atom is 0.0193 e. The van der Waals surface area contributed by atoms with E-state index in [0.717, 1.165) is 15.3 Å². The summed E-state index contributed by atoms with van der Waals surface area (Å²) < 4.78 is 2.22. The molecule has 0 spiro atoms. The van der Waals surface area contributed by atoms with Gasteiger partial charge in [-0.3, -0.25) is 4.67 Å². The molecule has 0 amide bonds. The summed E-state index contributed by atoms with van der Waals surface area (Å²) in [5, 5.41) is 0. The molecular formula is C5H12NP. The van der Waals surface area contributed by atoms with Crippen LogP contribution in [0.2, 0.25) is 0 Å². The Labute approximate surface area is 47.2 Å². The van der Waals surface area contributed by atoms with Crippen molar-refractivity contribution in [2.45, 2.75) is 0 Å². The Hall–Kier alpha value is 0.130. The van der Waals surface area contributed by atoms with Crippen molar-refractivity contribution in [2.24, 2.45) is 0 Å². The fraction of sp³-hybridized carbons (Fsp3) is 0.600. The molecule has 0 aromatic heterocycles. The van der Waals surface area contributed by atoms with Crippen LogP contribution in [0.4, 0.5) is 0 Å². The highest BCUT2D eigenvalue weighted by atomic mass is 31.1. The Kier molecular flexibility index (Phi) is 4.37. The number of hydrogen-bond donors (Lipinski definition) is 0. The van der Waals surface area contributed by atoms with Crippen LogP contribution in [0, 0.1) is 0 Å². The van der Waals surface area contributed by atoms with Gasteiger partial charge in [-0.1, -0.05) is 14.8 Å². The van der Waals surface area contributed by atoms with E-state index in [9.17, 15) is 0 Å². The molecule has 0 saturated heterocycles. The van der Waals surface area contributed by atoms with Gasteiger partial charge in [-0.2, -0.15) is 0 Å². The maximum absolute atomic E-state index is 3.61. The van der Waals surface area contributed by atoms with E-state index in [-0.39, 0.29) is 0 Å². The first-order valence-corrected chi connectivity index (χ1v) is 3.75. The van der Waals surface area contributed by atoms with Crippen molar-refractivity contribution >= 4 is 8.73 Å². The quantitative estimate of drug-likeness (QED) is 0.398. The van der Waals surface area contributed by atoms with Crippen LogP contribution in [0.5, 0.6) is 0 Å². The Morgan fingerprint density at radius 1 is 1.86 bits per heavy atom. The molecular weight excluding hydrogens is 105 g/mol. The lowest BCUT2D eigenvalue weighted by atomic mass is 10.6. The largest absolute Gasteiger partial charge is 0.284 e. The molecule has 0 rings (SSSR count). The molecule has 0 bridgehead atoms. The smallest absolute Gasteiger partial charge is 0.0193 e. The summed E-state index contributed by atoms with van der Waals surface area (Å²) >= 11 is 0. The monoisotopic (exact) mass is 117 g/mol. The van der Waals surface area contributed by atoms with Crippen molar-refractivity contribution in [3.63, 3.8) is 0 Å². The van der Waals surface area contributed by atoms with Crippen LogP contribution < -0.4 is 0 Å². The molecule has 7 heavy (non-hydrogen) atoms. The van der Waals surface area contributed by atoms with Gasteiger partial charge in [-0.25, -0.2) is 0 Å². The molecule has 0 aliphatic rings. The number of rotatable bonds is 3. The summed E-state index contributed by atoms with van der Waals surface area (Å²) in [6.07, 6.45) is 1.91. The third-order valence-corrected chi connectivity index (χ3v) is 1.73. The molecule has 0 aromatic rings. The predicted molar refractivity (Wildman–Crippen MR) is 37.1 cm³/mol. The van der Waals surface area contributed by atoms with Crippen LogP contribution >= 0.6 is 8.73 Å². The highest BCUT2D eigenvalue weighted by Gasteiger charge is 1.83. The van der Waals surface area contributed by atoms with E-state index in [4.69, 9.17) is 0 Å². The summed E-state index contributed by atoms with van der Waals surface area (Å²) in [6.45, 7) is 6.78. The van der Waals surface area contributed by atoms with E-state index < -0.39 is 0 Å². The molecule has 0 fully saturated rings. The molecule has 0 heterocycles. The lowest BCUT2D eigenvalue weighted by molar-refractivity contribution is 0.628. The first-order valence-electron chi connectivity index (χ1n) is 2.30. The molecule has 0 aliphatic heterocycles. The molecule has 0 N–H and O–H groups in total. The van der Waals surface area contributed by atoms with E-state index in [2.05, 4.69) is 25.0 Å². The molecule has 1 nitrogen and oxygen atoms in total. The highest BCUT2D eigenvalue weighted by Crippen LogP contribution is 2.06. The molecule has 0 aromatic carbocycles. The van der Waals surface area contributed by atoms with Gasteiger partial charge in [0.05, 0.1) is 0 Å². The second kappa shape index (κ2) is 4.29. The van der Waals surface area contributed by atoms with E-state index >= 15 is 0 Å². The average molecular weight is 117 g/mol. The minimum atomic E-state index is 0.900. The van der Waals surface area contributed by atoms with Gasteiger partial charge >= 0.3 is 0 Å². The Morgan fingerprint density at radius 2 is 2.43 bits per heavy atom. The summed E-state index contributed by atoms with van der Waals surface area (Å²) in [6, 6.07) is 0. The van der Waals surface area contributed by atoms with Gasteiger partial charge in [0.1, 0.15) is 0 Å². The standard InChI is InChI=1S/C5H12NP/c1-4-5-6(2)7-3/h4,7H,1,5H2,2-3H3. The average Bonchev–Trinajstić information content (AvgIpc) is 1.68. The van der Waals surface area contributed by atoms with Crippen LogP contribution in [0.3, 0.4) is 0 Å². The summed E-state index contributed by atoms with van der Waals surface area (Å²) in [5.74, 6) is 0. The van der Waals surface area contributed by atoms with Crippen molar-refractivity contribution in [1.29, 1.82) is 0 Å². The topological polar surface area (TPSA) is 3.24 Å². The minimum Gasteiger partial charge on any atom is -0.284 e. The van der Waals surface area contributed by atoms with E-state index in [0.29, 0.717) is 0 Å². The first-order chi connectivity index (χ1) is 3.31. The van der Waals surface area contributed by atoms with Crippen molar-refractivity contribution in [3.05, 3.63) is 12.7 Å². The fourth-order valence-electron chi connectivity index (χ4n) is 0.285. The lowest BCUT2D eigenvalue weighted by Crippen LogP contribution is -2.04. The SMILES string of the molecule is C=CCN(C)PC. The summed E-state index contributed by atoms with van der Waals surface area (Å²) in [4.78, 5) is 0. The van der Waals surface area contributed by atoms with Crippen molar-refractivity contribution in [2.75, 3.05) is 20.3 Å². The Bertz CT molecular complexity index is 54.0. The Balaban J connectivity index is 2.98. The fourth-order valence-corrected chi connectivity index (χ4v) is 0.597. The van der Waals surface area contributed by atoms with Crippen LogP contribution in [-0.2, 0) is 0 Å². The summed E-state index contributed by atoms with van der Waals surface area (Å²) in [5.41, 5.74) is 0. The van der Waals surface area contributed by atoms with Gasteiger partial charge in [0.25, 0.3) is 0 Å². The van der Waals surface area contributed by atoms with Crippen molar-refractivity contribution in [1.82, 2.24) is 4.67 Å². The van der Waals surface area contributed by atoms with E-state index in [1.54, 1.807) is 0 Å². The van der Waals surface area contributed by atoms with Gasteiger partial charge in [-0.05, 0) is 13.7 Å². The number of likely N-dealkylation sites (N-methyl/N-ethyl adjacent to an activating group) is 1. The normalized spacial score (nSPS) is 11.3. The zero-order chi connectivity index (χ0) is 5.70. The van der Waals surface area contributed by atoms with Gasteiger partial charge < -0.3 is 0 Å². The molecule has 2 heteroatoms. The molecule has 0 aliphatic carbocycles. The minimum absolute atomic E-state index is 0.900. The zero-order valence-electron chi connectivity index (χ0n) is 4.94. The Morgan fingerprint density at radius 3 is 2.57 bits per heavy atom. The summed E-state index contributed by atoms with van der Waals surface area (Å²) in [7, 11) is 2.98. The highest BCUT2D eigenvalue weighted by molar-refractivity contribution is 7.34. The van der Waals surface area contributed by atoms with Crippen molar-refractivity contribution < 1.29 is 0 Å². The molecule has 42 valence electrons. The second-order valence-corrected chi connectivity index (χ2v) is 2.60. The van der Waals surface area contributed by atoms with Crippen LogP contribution in [-0.4, -0.2) is 24.9 Å². The van der Waals surface area contributed by atoms with Gasteiger partial charge in [-0.15, -0.1) is 6.58 Å². The predicted octanol–water partition coefficient (Wildman–Crippen LogP) is 1.33. The number of hydrogen-bond acceptors (Lipinski definition) is 1.